The summed E-state index contributed by atoms with van der Waals surface area (Å²) in [5.74, 6) is 0.226. The monoisotopic (exact) mass is 581 g/mol. The molecule has 11 nitrogen and oxygen atoms in total. The number of sulfonamides is 2. The van der Waals surface area contributed by atoms with Crippen molar-refractivity contribution in [3.8, 4) is 11.5 Å². The Kier molecular flexibility index (Phi) is 9.83. The number of hydrogen-bond acceptors (Lipinski definition) is 8. The number of nitrogens with zero attached hydrogens (tertiary/aromatic N) is 2. The number of hydrogen-bond donors (Lipinski definition) is 1. The molecule has 2 fully saturated rings. The molecule has 13 heteroatoms. The number of carbonyl (C=O) groups excluding carboxylic acids is 1. The van der Waals surface area contributed by atoms with E-state index in [0.29, 0.717) is 45.1 Å². The normalized spacial score (nSPS) is 17.8. The van der Waals surface area contributed by atoms with Crippen molar-refractivity contribution in [1.82, 2.24) is 13.9 Å². The highest BCUT2D eigenvalue weighted by molar-refractivity contribution is 7.89. The summed E-state index contributed by atoms with van der Waals surface area (Å²) in [6.45, 7) is 2.57. The van der Waals surface area contributed by atoms with E-state index < -0.39 is 26.0 Å². The molecule has 2 aliphatic heterocycles. The Morgan fingerprint density at radius 2 is 1.44 bits per heavy atom. The van der Waals surface area contributed by atoms with Gasteiger partial charge in [0.05, 0.1) is 42.2 Å². The molecular weight excluding hydrogens is 546 g/mol. The summed E-state index contributed by atoms with van der Waals surface area (Å²) in [7, 11) is -5.90. The van der Waals surface area contributed by atoms with Gasteiger partial charge in [-0.25, -0.2) is 16.8 Å². The largest absolute Gasteiger partial charge is 0.496 e. The summed E-state index contributed by atoms with van der Waals surface area (Å²) in [5.41, 5.74) is 0.117. The van der Waals surface area contributed by atoms with Crippen molar-refractivity contribution in [2.45, 2.75) is 35.5 Å². The van der Waals surface area contributed by atoms with Crippen LogP contribution in [0, 0.1) is 0 Å². The first-order valence-electron chi connectivity index (χ1n) is 13.0. The van der Waals surface area contributed by atoms with Crippen LogP contribution in [0.2, 0.25) is 0 Å². The average molecular weight is 582 g/mol. The van der Waals surface area contributed by atoms with E-state index in [9.17, 15) is 21.6 Å². The molecule has 2 heterocycles. The van der Waals surface area contributed by atoms with E-state index in [2.05, 4.69) is 5.32 Å². The van der Waals surface area contributed by atoms with Gasteiger partial charge in [-0.3, -0.25) is 4.79 Å². The quantitative estimate of drug-likeness (QED) is 0.422. The zero-order chi connectivity index (χ0) is 27.9. The van der Waals surface area contributed by atoms with Gasteiger partial charge in [-0.2, -0.15) is 8.61 Å². The molecule has 0 aromatic heterocycles. The van der Waals surface area contributed by atoms with Gasteiger partial charge in [0.1, 0.15) is 18.1 Å². The summed E-state index contributed by atoms with van der Waals surface area (Å²) in [5, 5.41) is 2.72. The van der Waals surface area contributed by atoms with E-state index in [1.165, 1.54) is 46.1 Å². The van der Waals surface area contributed by atoms with Gasteiger partial charge in [-0.15, -0.1) is 0 Å². The van der Waals surface area contributed by atoms with Crippen molar-refractivity contribution in [2.75, 3.05) is 59.7 Å². The number of morpholine rings is 1. The van der Waals surface area contributed by atoms with Crippen molar-refractivity contribution >= 4 is 26.0 Å². The van der Waals surface area contributed by atoms with Gasteiger partial charge in [0.2, 0.25) is 20.0 Å². The topological polar surface area (TPSA) is 132 Å². The van der Waals surface area contributed by atoms with E-state index in [0.717, 1.165) is 25.7 Å². The fraction of sp³-hybridized carbons (Fsp3) is 0.500. The van der Waals surface area contributed by atoms with Crippen LogP contribution in [0.25, 0.3) is 0 Å². The molecule has 4 rings (SSSR count). The third-order valence-electron chi connectivity index (χ3n) is 6.71. The Morgan fingerprint density at radius 3 is 2.08 bits per heavy atom. The van der Waals surface area contributed by atoms with Crippen molar-refractivity contribution < 1.29 is 35.8 Å². The number of benzene rings is 2. The lowest BCUT2D eigenvalue weighted by Gasteiger charge is -2.26. The smallest absolute Gasteiger partial charge is 0.255 e. The maximum Gasteiger partial charge on any atom is 0.255 e. The summed E-state index contributed by atoms with van der Waals surface area (Å²) in [4.78, 5) is 13.1. The van der Waals surface area contributed by atoms with Crippen molar-refractivity contribution in [2.24, 2.45) is 0 Å². The molecule has 2 aromatic rings. The molecule has 214 valence electrons. The average Bonchev–Trinajstić information content (AvgIpc) is 3.26. The molecule has 0 radical (unpaired) electrons. The van der Waals surface area contributed by atoms with Gasteiger partial charge in [-0.1, -0.05) is 12.8 Å². The molecular formula is C26H35N3O8S2. The first-order valence-corrected chi connectivity index (χ1v) is 15.9. The standard InChI is InChI=1S/C26H35N3O8S2/c1-35-25-11-10-23(39(33,34)28-13-4-2-3-5-14-28)20-24(25)26(30)27-12-17-37-21-6-8-22(9-7-21)38(31,32)29-15-18-36-19-16-29/h6-11,20H,2-5,12-19H2,1H3,(H,27,30). The third-order valence-corrected chi connectivity index (χ3v) is 10.5. The van der Waals surface area contributed by atoms with Gasteiger partial charge in [0.15, 0.2) is 0 Å². The first-order chi connectivity index (χ1) is 18.7. The molecule has 0 atom stereocenters. The predicted octanol–water partition coefficient (Wildman–Crippen LogP) is 2.09. The van der Waals surface area contributed by atoms with Crippen LogP contribution in [0.3, 0.4) is 0 Å². The van der Waals surface area contributed by atoms with E-state index in [-0.39, 0.29) is 34.3 Å². The first kappa shape index (κ1) is 29.3. The summed E-state index contributed by atoms with van der Waals surface area (Å²) >= 11 is 0. The zero-order valence-corrected chi connectivity index (χ0v) is 23.6. The Morgan fingerprint density at radius 1 is 0.846 bits per heavy atom. The molecule has 2 saturated heterocycles. The lowest BCUT2D eigenvalue weighted by molar-refractivity contribution is 0.0730. The van der Waals surface area contributed by atoms with Crippen LogP contribution in [0.4, 0.5) is 0 Å². The van der Waals surface area contributed by atoms with Crippen LogP contribution in [0.5, 0.6) is 11.5 Å². The Bertz CT molecular complexity index is 1330. The maximum absolute atomic E-state index is 13.2. The second kappa shape index (κ2) is 13.1. The fourth-order valence-electron chi connectivity index (χ4n) is 4.53. The molecule has 39 heavy (non-hydrogen) atoms. The van der Waals surface area contributed by atoms with E-state index >= 15 is 0 Å². The number of nitrogens with one attached hydrogen (secondary N) is 1. The van der Waals surface area contributed by atoms with E-state index in [4.69, 9.17) is 14.2 Å². The number of carbonyl (C=O) groups is 1. The van der Waals surface area contributed by atoms with E-state index in [1.54, 1.807) is 12.1 Å². The highest BCUT2D eigenvalue weighted by atomic mass is 32.2. The summed E-state index contributed by atoms with van der Waals surface area (Å²) < 4.78 is 70.9. The summed E-state index contributed by atoms with van der Waals surface area (Å²) in [6.07, 6.45) is 3.63. The lowest BCUT2D eigenvalue weighted by Crippen LogP contribution is -2.40. The van der Waals surface area contributed by atoms with Crippen LogP contribution >= 0.6 is 0 Å². The minimum atomic E-state index is -3.73. The number of methoxy groups -OCH3 is 1. The van der Waals surface area contributed by atoms with E-state index in [1.807, 2.05) is 0 Å². The van der Waals surface area contributed by atoms with Gasteiger partial charge >= 0.3 is 0 Å². The minimum absolute atomic E-state index is 0.0544. The second-order valence-corrected chi connectivity index (χ2v) is 13.1. The van der Waals surface area contributed by atoms with Crippen molar-refractivity contribution in [3.05, 3.63) is 48.0 Å². The molecule has 2 aliphatic rings. The zero-order valence-electron chi connectivity index (χ0n) is 22.0. The molecule has 1 N–H and O–H groups in total. The van der Waals surface area contributed by atoms with Crippen LogP contribution < -0.4 is 14.8 Å². The SMILES string of the molecule is COc1ccc(S(=O)(=O)N2CCCCCC2)cc1C(=O)NCCOc1ccc(S(=O)(=O)N2CCOCC2)cc1. The second-order valence-electron chi connectivity index (χ2n) is 9.27. The Balaban J connectivity index is 1.34. The Labute approximate surface area is 230 Å². The van der Waals surface area contributed by atoms with Gasteiger partial charge in [0.25, 0.3) is 5.91 Å². The van der Waals surface area contributed by atoms with Gasteiger partial charge < -0.3 is 19.5 Å². The predicted molar refractivity (Wildman–Crippen MR) is 144 cm³/mol. The summed E-state index contributed by atoms with van der Waals surface area (Å²) in [6, 6.07) is 10.4. The molecule has 0 spiro atoms. The lowest BCUT2D eigenvalue weighted by atomic mass is 10.2. The highest BCUT2D eigenvalue weighted by Crippen LogP contribution is 2.26. The van der Waals surface area contributed by atoms with Crippen LogP contribution in [0.1, 0.15) is 36.0 Å². The van der Waals surface area contributed by atoms with Gasteiger partial charge in [0, 0.05) is 26.2 Å². The van der Waals surface area contributed by atoms with Crippen LogP contribution in [-0.4, -0.2) is 91.0 Å². The molecule has 0 bridgehead atoms. The maximum atomic E-state index is 13.2. The molecule has 2 aromatic carbocycles. The molecule has 1 amide bonds. The van der Waals surface area contributed by atoms with Crippen LogP contribution in [-0.2, 0) is 24.8 Å². The minimum Gasteiger partial charge on any atom is -0.496 e. The number of amides is 1. The molecule has 0 aliphatic carbocycles. The molecule has 0 unspecified atom stereocenters. The van der Waals surface area contributed by atoms with Gasteiger partial charge in [-0.05, 0) is 55.3 Å². The number of ether oxygens (including phenoxy) is 3. The van der Waals surface area contributed by atoms with Crippen molar-refractivity contribution in [3.63, 3.8) is 0 Å². The molecule has 0 saturated carbocycles. The van der Waals surface area contributed by atoms with Crippen molar-refractivity contribution in [1.29, 1.82) is 0 Å². The van der Waals surface area contributed by atoms with Crippen LogP contribution in [0.15, 0.2) is 52.3 Å². The number of rotatable bonds is 10. The Hall–Kier alpha value is -2.71. The third kappa shape index (κ3) is 7.09. The fourth-order valence-corrected chi connectivity index (χ4v) is 7.48. The highest BCUT2D eigenvalue weighted by Gasteiger charge is 2.28.